The van der Waals surface area contributed by atoms with Crippen molar-refractivity contribution >= 4 is 33.7 Å². The maximum Gasteiger partial charge on any atom is 0.326 e. The van der Waals surface area contributed by atoms with E-state index in [9.17, 15) is 27.6 Å². The Labute approximate surface area is 182 Å². The van der Waals surface area contributed by atoms with Crippen LogP contribution in [0.1, 0.15) is 46.5 Å². The fourth-order valence-corrected chi connectivity index (χ4v) is 7.13. The summed E-state index contributed by atoms with van der Waals surface area (Å²) in [6.45, 7) is 4.99. The molecule has 0 unspecified atom stereocenters. The first-order chi connectivity index (χ1) is 14.2. The van der Waals surface area contributed by atoms with Gasteiger partial charge in [0.05, 0.1) is 11.5 Å². The number of carbonyl (C=O) groups is 4. The maximum absolute atomic E-state index is 13.0. The van der Waals surface area contributed by atoms with E-state index >= 15 is 0 Å². The van der Waals surface area contributed by atoms with Gasteiger partial charge < -0.3 is 15.0 Å². The number of urea groups is 1. The zero-order valence-electron chi connectivity index (χ0n) is 18.5. The minimum Gasteiger partial charge on any atom is -0.454 e. The maximum atomic E-state index is 13.0. The van der Waals surface area contributed by atoms with Gasteiger partial charge in [0.2, 0.25) is 0 Å². The van der Waals surface area contributed by atoms with Crippen molar-refractivity contribution in [3.63, 3.8) is 0 Å². The van der Waals surface area contributed by atoms with E-state index in [2.05, 4.69) is 19.2 Å². The lowest BCUT2D eigenvalue weighted by molar-refractivity contribution is -0.154. The van der Waals surface area contributed by atoms with Crippen LogP contribution in [-0.2, 0) is 29.0 Å². The molecule has 11 heteroatoms. The summed E-state index contributed by atoms with van der Waals surface area (Å²) in [4.78, 5) is 52.1. The molecule has 3 aliphatic rings. The minimum atomic E-state index is -3.15. The summed E-state index contributed by atoms with van der Waals surface area (Å²) >= 11 is 0. The molecule has 0 aromatic rings. The number of rotatable bonds is 5. The molecule has 1 N–H and O–H groups in total. The molecule has 0 aromatic carbocycles. The van der Waals surface area contributed by atoms with Crippen LogP contribution in [0.15, 0.2) is 0 Å². The highest BCUT2D eigenvalue weighted by Crippen LogP contribution is 2.46. The zero-order chi connectivity index (χ0) is 23.2. The van der Waals surface area contributed by atoms with Crippen LogP contribution in [0.5, 0.6) is 0 Å². The number of likely N-dealkylation sites (N-methyl/N-ethyl adjacent to an activating group) is 1. The monoisotopic (exact) mass is 457 g/mol. The van der Waals surface area contributed by atoms with E-state index in [0.29, 0.717) is 19.3 Å². The molecule has 3 atom stereocenters. The van der Waals surface area contributed by atoms with Gasteiger partial charge >= 0.3 is 12.0 Å². The lowest BCUT2D eigenvalue weighted by atomic mass is 9.64. The number of nitrogens with one attached hydrogen (secondary N) is 1. The summed E-state index contributed by atoms with van der Waals surface area (Å²) in [5.41, 5.74) is -1.13. The highest BCUT2D eigenvalue weighted by molar-refractivity contribution is 7.91. The molecule has 0 aromatic heterocycles. The smallest absolute Gasteiger partial charge is 0.326 e. The molecule has 3 fully saturated rings. The van der Waals surface area contributed by atoms with Crippen LogP contribution in [0.4, 0.5) is 4.79 Å². The van der Waals surface area contributed by atoms with E-state index in [0.717, 1.165) is 11.3 Å². The third-order valence-corrected chi connectivity index (χ3v) is 8.17. The number of sulfone groups is 1. The first kappa shape index (κ1) is 23.5. The number of hydrogen-bond acceptors (Lipinski definition) is 7. The standard InChI is InChI=1S/C20H31N3O7S/c1-13-7-19(2,3)12-20(8-13)17(26)23(18(27)21-20)9-16(25)30-10-15(24)22(4)14-5-6-31(28,29)11-14/h13-14H,5-12H2,1-4H3,(H,21,27)/t13-,14+,20-/m1/s1. The molecule has 0 radical (unpaired) electrons. The third-order valence-electron chi connectivity index (χ3n) is 6.42. The van der Waals surface area contributed by atoms with Crippen molar-refractivity contribution in [1.82, 2.24) is 15.1 Å². The van der Waals surface area contributed by atoms with Crippen molar-refractivity contribution < 1.29 is 32.3 Å². The lowest BCUT2D eigenvalue weighted by Crippen LogP contribution is -2.54. The van der Waals surface area contributed by atoms with Gasteiger partial charge in [-0.1, -0.05) is 20.8 Å². The number of nitrogens with zero attached hydrogens (tertiary/aromatic N) is 2. The van der Waals surface area contributed by atoms with Crippen LogP contribution in [0, 0.1) is 11.3 Å². The number of hydrogen-bond donors (Lipinski definition) is 1. The Hall–Kier alpha value is -2.17. The highest BCUT2D eigenvalue weighted by Gasteiger charge is 2.56. The van der Waals surface area contributed by atoms with Crippen LogP contribution in [0.25, 0.3) is 0 Å². The van der Waals surface area contributed by atoms with Crippen molar-refractivity contribution in [2.45, 2.75) is 58.0 Å². The molecule has 174 valence electrons. The Morgan fingerprint density at radius 3 is 2.52 bits per heavy atom. The number of amides is 4. The van der Waals surface area contributed by atoms with Gasteiger partial charge in [-0.25, -0.2) is 13.2 Å². The number of imide groups is 1. The quantitative estimate of drug-likeness (QED) is 0.464. The SMILES string of the molecule is C[C@@H]1CC(C)(C)C[C@@]2(C1)NC(=O)N(CC(=O)OCC(=O)N(C)[C@H]1CCS(=O)(=O)C1)C2=O. The summed E-state index contributed by atoms with van der Waals surface area (Å²) in [5, 5.41) is 2.79. The second-order valence-electron chi connectivity index (χ2n) is 9.98. The fraction of sp³-hybridized carbons (Fsp3) is 0.800. The number of carbonyl (C=O) groups excluding carboxylic acids is 4. The molecule has 4 amide bonds. The molecular weight excluding hydrogens is 426 g/mol. The Balaban J connectivity index is 1.55. The summed E-state index contributed by atoms with van der Waals surface area (Å²) < 4.78 is 28.1. The molecule has 3 rings (SSSR count). The molecule has 1 aliphatic carbocycles. The first-order valence-electron chi connectivity index (χ1n) is 10.5. The summed E-state index contributed by atoms with van der Waals surface area (Å²) in [6.07, 6.45) is 2.30. The van der Waals surface area contributed by atoms with E-state index in [4.69, 9.17) is 4.74 Å². The van der Waals surface area contributed by atoms with Gasteiger partial charge in [-0.2, -0.15) is 0 Å². The highest BCUT2D eigenvalue weighted by atomic mass is 32.2. The van der Waals surface area contributed by atoms with E-state index in [1.807, 2.05) is 6.92 Å². The van der Waals surface area contributed by atoms with E-state index in [1.165, 1.54) is 11.9 Å². The molecule has 2 heterocycles. The normalized spacial score (nSPS) is 31.5. The Kier molecular flexibility index (Phi) is 6.11. The van der Waals surface area contributed by atoms with E-state index in [1.54, 1.807) is 0 Å². The fourth-order valence-electron chi connectivity index (χ4n) is 5.35. The van der Waals surface area contributed by atoms with Gasteiger partial charge in [0, 0.05) is 13.1 Å². The molecule has 2 saturated heterocycles. The van der Waals surface area contributed by atoms with Gasteiger partial charge in [-0.05, 0) is 37.0 Å². The van der Waals surface area contributed by atoms with Gasteiger partial charge in [0.25, 0.3) is 11.8 Å². The number of esters is 1. The molecule has 1 spiro atoms. The zero-order valence-corrected chi connectivity index (χ0v) is 19.3. The molecule has 1 saturated carbocycles. The van der Waals surface area contributed by atoms with Crippen molar-refractivity contribution in [2.75, 3.05) is 31.7 Å². The first-order valence-corrected chi connectivity index (χ1v) is 12.3. The summed E-state index contributed by atoms with van der Waals surface area (Å²) in [7, 11) is -1.68. The Bertz CT molecular complexity index is 900. The van der Waals surface area contributed by atoms with E-state index in [-0.39, 0.29) is 22.8 Å². The van der Waals surface area contributed by atoms with Crippen LogP contribution in [0.3, 0.4) is 0 Å². The van der Waals surface area contributed by atoms with Gasteiger partial charge in [-0.3, -0.25) is 19.3 Å². The topological polar surface area (TPSA) is 130 Å². The lowest BCUT2D eigenvalue weighted by Gasteiger charge is -2.43. The molecule has 2 aliphatic heterocycles. The largest absolute Gasteiger partial charge is 0.454 e. The van der Waals surface area contributed by atoms with Gasteiger partial charge in [-0.15, -0.1) is 0 Å². The molecular formula is C20H31N3O7S. The summed E-state index contributed by atoms with van der Waals surface area (Å²) in [6, 6.07) is -1.08. The predicted molar refractivity (Wildman–Crippen MR) is 111 cm³/mol. The molecule has 31 heavy (non-hydrogen) atoms. The molecule has 10 nitrogen and oxygen atoms in total. The predicted octanol–water partition coefficient (Wildman–Crippen LogP) is 0.312. The van der Waals surface area contributed by atoms with Gasteiger partial charge in [0.15, 0.2) is 16.4 Å². The van der Waals surface area contributed by atoms with Crippen molar-refractivity contribution in [3.8, 4) is 0 Å². The van der Waals surface area contributed by atoms with Crippen molar-refractivity contribution in [3.05, 3.63) is 0 Å². The van der Waals surface area contributed by atoms with Crippen molar-refractivity contribution in [1.29, 1.82) is 0 Å². The molecule has 0 bridgehead atoms. The third kappa shape index (κ3) is 5.02. The van der Waals surface area contributed by atoms with Gasteiger partial charge in [0.1, 0.15) is 12.1 Å². The number of ether oxygens (including phenoxy) is 1. The van der Waals surface area contributed by atoms with Crippen LogP contribution in [0.2, 0.25) is 0 Å². The van der Waals surface area contributed by atoms with Crippen LogP contribution in [-0.4, -0.2) is 85.3 Å². The van der Waals surface area contributed by atoms with Crippen molar-refractivity contribution in [2.24, 2.45) is 11.3 Å². The average molecular weight is 458 g/mol. The Morgan fingerprint density at radius 1 is 1.26 bits per heavy atom. The second-order valence-corrected chi connectivity index (χ2v) is 12.2. The van der Waals surface area contributed by atoms with Crippen LogP contribution < -0.4 is 5.32 Å². The summed E-state index contributed by atoms with van der Waals surface area (Å²) in [5.74, 6) is -1.68. The second kappa shape index (κ2) is 8.07. The average Bonchev–Trinajstić information content (AvgIpc) is 3.09. The minimum absolute atomic E-state index is 0.0262. The van der Waals surface area contributed by atoms with Crippen LogP contribution >= 0.6 is 0 Å². The Morgan fingerprint density at radius 2 is 1.94 bits per heavy atom. The van der Waals surface area contributed by atoms with E-state index < -0.39 is 58.4 Å².